The molecular weight excluding hydrogens is 346 g/mol. The summed E-state index contributed by atoms with van der Waals surface area (Å²) in [5.74, 6) is -0.855. The molecule has 24 heavy (non-hydrogen) atoms. The molecule has 2 aromatic rings. The minimum atomic E-state index is -1.07. The highest BCUT2D eigenvalue weighted by molar-refractivity contribution is 7.16. The molecule has 0 saturated heterocycles. The largest absolute Gasteiger partial charge is 0.467 e. The molecule has 126 valence electrons. The minimum Gasteiger partial charge on any atom is -0.467 e. The highest BCUT2D eigenvalue weighted by Gasteiger charge is 2.29. The van der Waals surface area contributed by atoms with E-state index in [0.29, 0.717) is 5.02 Å². The van der Waals surface area contributed by atoms with Gasteiger partial charge in [0, 0.05) is 20.9 Å². The molecule has 6 heteroatoms. The highest BCUT2D eigenvalue weighted by Crippen LogP contribution is 2.30. The SMILES string of the molecule is COC(=O)C(C)(C)NC(=O)/C=C/c1ccc(-c2cccc(Cl)c2)s1. The second kappa shape index (κ2) is 7.64. The van der Waals surface area contributed by atoms with Crippen LogP contribution in [0.1, 0.15) is 18.7 Å². The molecular formula is C18H18ClNO3S. The monoisotopic (exact) mass is 363 g/mol. The summed E-state index contributed by atoms with van der Waals surface area (Å²) in [6, 6.07) is 11.5. The number of carbonyl (C=O) groups is 2. The maximum absolute atomic E-state index is 12.0. The van der Waals surface area contributed by atoms with Crippen molar-refractivity contribution in [3.05, 3.63) is 52.4 Å². The number of esters is 1. The molecule has 0 aliphatic rings. The lowest BCUT2D eigenvalue weighted by Crippen LogP contribution is -2.49. The van der Waals surface area contributed by atoms with Crippen LogP contribution in [0, 0.1) is 0 Å². The number of ether oxygens (including phenoxy) is 1. The first-order chi connectivity index (χ1) is 11.3. The molecule has 0 radical (unpaired) electrons. The molecule has 1 aromatic carbocycles. The molecule has 2 rings (SSSR count). The van der Waals surface area contributed by atoms with Crippen LogP contribution in [0.3, 0.4) is 0 Å². The Hall–Kier alpha value is -2.11. The van der Waals surface area contributed by atoms with E-state index in [1.165, 1.54) is 13.2 Å². The van der Waals surface area contributed by atoms with Crippen LogP contribution in [0.5, 0.6) is 0 Å². The van der Waals surface area contributed by atoms with Gasteiger partial charge in [-0.2, -0.15) is 0 Å². The molecule has 0 saturated carbocycles. The lowest BCUT2D eigenvalue weighted by atomic mass is 10.1. The number of methoxy groups -OCH3 is 1. The Morgan fingerprint density at radius 1 is 1.25 bits per heavy atom. The predicted molar refractivity (Wildman–Crippen MR) is 98.0 cm³/mol. The van der Waals surface area contributed by atoms with Crippen molar-refractivity contribution in [1.82, 2.24) is 5.32 Å². The number of halogens is 1. The Labute approximate surface area is 150 Å². The second-order valence-electron chi connectivity index (χ2n) is 5.65. The van der Waals surface area contributed by atoms with Crippen LogP contribution in [-0.4, -0.2) is 24.5 Å². The summed E-state index contributed by atoms with van der Waals surface area (Å²) < 4.78 is 4.65. The quantitative estimate of drug-likeness (QED) is 0.641. The van der Waals surface area contributed by atoms with Gasteiger partial charge in [0.05, 0.1) is 7.11 Å². The average molecular weight is 364 g/mol. The Balaban J connectivity index is 2.05. The van der Waals surface area contributed by atoms with Gasteiger partial charge in [0.25, 0.3) is 0 Å². The van der Waals surface area contributed by atoms with Crippen LogP contribution in [0.4, 0.5) is 0 Å². The minimum absolute atomic E-state index is 0.358. The van der Waals surface area contributed by atoms with Gasteiger partial charge in [0.2, 0.25) is 5.91 Å². The van der Waals surface area contributed by atoms with E-state index in [0.717, 1.165) is 15.3 Å². The van der Waals surface area contributed by atoms with Crippen LogP contribution in [-0.2, 0) is 14.3 Å². The lowest BCUT2D eigenvalue weighted by molar-refractivity contribution is -0.148. The highest BCUT2D eigenvalue weighted by atomic mass is 35.5. The number of nitrogens with one attached hydrogen (secondary N) is 1. The van der Waals surface area contributed by atoms with Gasteiger partial charge in [-0.25, -0.2) is 4.79 Å². The Morgan fingerprint density at radius 3 is 2.67 bits per heavy atom. The first-order valence-electron chi connectivity index (χ1n) is 7.26. The van der Waals surface area contributed by atoms with E-state index < -0.39 is 11.5 Å². The van der Waals surface area contributed by atoms with Gasteiger partial charge in [-0.15, -0.1) is 11.3 Å². The molecule has 0 aliphatic carbocycles. The van der Waals surface area contributed by atoms with Crippen LogP contribution in [0.2, 0.25) is 5.02 Å². The van der Waals surface area contributed by atoms with Crippen LogP contribution < -0.4 is 5.32 Å². The molecule has 0 unspecified atom stereocenters. The number of hydrogen-bond donors (Lipinski definition) is 1. The van der Waals surface area contributed by atoms with Crippen molar-refractivity contribution in [2.24, 2.45) is 0 Å². The van der Waals surface area contributed by atoms with Crippen molar-refractivity contribution in [1.29, 1.82) is 0 Å². The molecule has 1 heterocycles. The number of rotatable bonds is 5. The Kier molecular flexibility index (Phi) is 5.80. The summed E-state index contributed by atoms with van der Waals surface area (Å²) in [5, 5.41) is 3.29. The molecule has 0 bridgehead atoms. The summed E-state index contributed by atoms with van der Waals surface area (Å²) >= 11 is 7.55. The molecule has 4 nitrogen and oxygen atoms in total. The van der Waals surface area contributed by atoms with Gasteiger partial charge in [-0.05, 0) is 49.8 Å². The van der Waals surface area contributed by atoms with Gasteiger partial charge >= 0.3 is 5.97 Å². The molecule has 0 aliphatic heterocycles. The van der Waals surface area contributed by atoms with Crippen molar-refractivity contribution in [2.45, 2.75) is 19.4 Å². The van der Waals surface area contributed by atoms with Crippen LogP contribution in [0.15, 0.2) is 42.5 Å². The third-order valence-electron chi connectivity index (χ3n) is 3.27. The van der Waals surface area contributed by atoms with Crippen molar-refractivity contribution >= 4 is 40.9 Å². The zero-order valence-corrected chi connectivity index (χ0v) is 15.2. The van der Waals surface area contributed by atoms with Gasteiger partial charge in [-0.3, -0.25) is 4.79 Å². The fourth-order valence-corrected chi connectivity index (χ4v) is 3.15. The fraction of sp³-hybridized carbons (Fsp3) is 0.222. The molecule has 1 N–H and O–H groups in total. The van der Waals surface area contributed by atoms with E-state index in [2.05, 4.69) is 10.1 Å². The van der Waals surface area contributed by atoms with Crippen LogP contribution in [0.25, 0.3) is 16.5 Å². The van der Waals surface area contributed by atoms with Gasteiger partial charge in [0.15, 0.2) is 0 Å². The van der Waals surface area contributed by atoms with Crippen molar-refractivity contribution in [3.8, 4) is 10.4 Å². The molecule has 1 aromatic heterocycles. The molecule has 0 spiro atoms. The lowest BCUT2D eigenvalue weighted by Gasteiger charge is -2.21. The second-order valence-corrected chi connectivity index (χ2v) is 7.20. The van der Waals surface area contributed by atoms with Gasteiger partial charge in [-0.1, -0.05) is 23.7 Å². The van der Waals surface area contributed by atoms with E-state index in [1.54, 1.807) is 31.3 Å². The summed E-state index contributed by atoms with van der Waals surface area (Å²) in [5.41, 5.74) is -0.0409. The average Bonchev–Trinajstić information content (AvgIpc) is 3.00. The summed E-state index contributed by atoms with van der Waals surface area (Å²) in [6.07, 6.45) is 3.11. The zero-order valence-electron chi connectivity index (χ0n) is 13.6. The normalized spacial score (nSPS) is 11.5. The zero-order chi connectivity index (χ0) is 17.7. The molecule has 0 fully saturated rings. The third-order valence-corrected chi connectivity index (χ3v) is 4.60. The number of carbonyl (C=O) groups excluding carboxylic acids is 2. The van der Waals surface area contributed by atoms with E-state index in [-0.39, 0.29) is 5.91 Å². The number of amides is 1. The van der Waals surface area contributed by atoms with Crippen molar-refractivity contribution in [2.75, 3.05) is 7.11 Å². The number of benzene rings is 1. The number of hydrogen-bond acceptors (Lipinski definition) is 4. The summed E-state index contributed by atoms with van der Waals surface area (Å²) in [7, 11) is 1.29. The number of thiophene rings is 1. The van der Waals surface area contributed by atoms with E-state index in [9.17, 15) is 9.59 Å². The third kappa shape index (κ3) is 4.69. The van der Waals surface area contributed by atoms with Crippen molar-refractivity contribution < 1.29 is 14.3 Å². The maximum atomic E-state index is 12.0. The smallest absolute Gasteiger partial charge is 0.330 e. The van der Waals surface area contributed by atoms with Gasteiger partial charge < -0.3 is 10.1 Å². The van der Waals surface area contributed by atoms with E-state index in [1.807, 2.05) is 36.4 Å². The standard InChI is InChI=1S/C18H18ClNO3S/c1-18(2,17(22)23-3)20-16(21)10-8-14-7-9-15(24-14)12-5-4-6-13(19)11-12/h4-11H,1-3H3,(H,20,21)/b10-8+. The Morgan fingerprint density at radius 2 is 2.00 bits per heavy atom. The summed E-state index contributed by atoms with van der Waals surface area (Å²) in [6.45, 7) is 3.18. The summed E-state index contributed by atoms with van der Waals surface area (Å²) in [4.78, 5) is 25.5. The molecule has 1 amide bonds. The fourth-order valence-electron chi connectivity index (χ4n) is 2.05. The van der Waals surface area contributed by atoms with Gasteiger partial charge in [0.1, 0.15) is 5.54 Å². The first-order valence-corrected chi connectivity index (χ1v) is 8.46. The first kappa shape index (κ1) is 18.2. The Bertz CT molecular complexity index is 780. The molecule has 0 atom stereocenters. The van der Waals surface area contributed by atoms with Crippen molar-refractivity contribution in [3.63, 3.8) is 0 Å². The maximum Gasteiger partial charge on any atom is 0.330 e. The topological polar surface area (TPSA) is 55.4 Å². The van der Waals surface area contributed by atoms with Crippen LogP contribution >= 0.6 is 22.9 Å². The van der Waals surface area contributed by atoms with E-state index in [4.69, 9.17) is 11.6 Å². The van der Waals surface area contributed by atoms with E-state index >= 15 is 0 Å². The predicted octanol–water partition coefficient (Wildman–Crippen LogP) is 4.15.